The van der Waals surface area contributed by atoms with Crippen molar-refractivity contribution in [1.82, 2.24) is 30.2 Å². The summed E-state index contributed by atoms with van der Waals surface area (Å²) in [6.45, 7) is 3.96. The van der Waals surface area contributed by atoms with Crippen LogP contribution in [0.3, 0.4) is 0 Å². The molecule has 2 N–H and O–H groups in total. The maximum atomic E-state index is 13.2. The summed E-state index contributed by atoms with van der Waals surface area (Å²) < 4.78 is 1.54. The Morgan fingerprint density at radius 1 is 1.42 bits per heavy atom. The van der Waals surface area contributed by atoms with Crippen molar-refractivity contribution in [1.29, 1.82) is 0 Å². The average Bonchev–Trinajstić information content (AvgIpc) is 3.33. The minimum atomic E-state index is -0.711. The number of nitrogens with one attached hydrogen (secondary N) is 1. The molecular weight excluding hydrogens is 356 g/mol. The van der Waals surface area contributed by atoms with Gasteiger partial charge < -0.3 is 15.3 Å². The van der Waals surface area contributed by atoms with Gasteiger partial charge in [-0.25, -0.2) is 4.68 Å². The highest BCUT2D eigenvalue weighted by molar-refractivity contribution is 7.13. The molecule has 10 heteroatoms. The third-order valence-electron chi connectivity index (χ3n) is 4.48. The molecule has 0 radical (unpaired) electrons. The minimum Gasteiger partial charge on any atom is -0.391 e. The van der Waals surface area contributed by atoms with E-state index in [1.54, 1.807) is 17.9 Å². The molecule has 0 bridgehead atoms. The van der Waals surface area contributed by atoms with Gasteiger partial charge in [0, 0.05) is 26.2 Å². The highest BCUT2D eigenvalue weighted by Crippen LogP contribution is 2.28. The fourth-order valence-corrected chi connectivity index (χ4v) is 3.79. The lowest BCUT2D eigenvalue weighted by atomic mass is 10.0. The van der Waals surface area contributed by atoms with Crippen LogP contribution in [0.25, 0.3) is 10.6 Å². The van der Waals surface area contributed by atoms with Crippen LogP contribution < -0.4 is 5.32 Å². The molecule has 3 rings (SSSR count). The fraction of sp³-hybridized carbons (Fsp3) is 0.562. The smallest absolute Gasteiger partial charge is 0.248 e. The Bertz CT molecular complexity index is 775. The Morgan fingerprint density at radius 3 is 2.81 bits per heavy atom. The van der Waals surface area contributed by atoms with E-state index in [9.17, 15) is 14.7 Å². The van der Waals surface area contributed by atoms with Gasteiger partial charge in [0.2, 0.25) is 11.8 Å². The summed E-state index contributed by atoms with van der Waals surface area (Å²) >= 11 is 1.44. The predicted molar refractivity (Wildman–Crippen MR) is 95.2 cm³/mol. The number of carbonyl (C=O) groups is 2. The van der Waals surface area contributed by atoms with Crippen molar-refractivity contribution in [2.24, 2.45) is 5.92 Å². The number of amides is 2. The first-order chi connectivity index (χ1) is 12.4. The van der Waals surface area contributed by atoms with Gasteiger partial charge in [-0.05, 0) is 5.92 Å². The quantitative estimate of drug-likeness (QED) is 0.774. The third kappa shape index (κ3) is 3.47. The van der Waals surface area contributed by atoms with Crippen LogP contribution in [0.15, 0.2) is 17.9 Å². The normalized spacial score (nSPS) is 21.2. The highest BCUT2D eigenvalue weighted by atomic mass is 32.1. The molecule has 0 aromatic carbocycles. The minimum absolute atomic E-state index is 0.0680. The second-order valence-electron chi connectivity index (χ2n) is 6.65. The summed E-state index contributed by atoms with van der Waals surface area (Å²) in [5, 5.41) is 20.8. The van der Waals surface area contributed by atoms with Gasteiger partial charge in [0.05, 0.1) is 22.7 Å². The molecule has 1 fully saturated rings. The topological polar surface area (TPSA) is 113 Å². The number of thiazole rings is 1. The largest absolute Gasteiger partial charge is 0.391 e. The summed E-state index contributed by atoms with van der Waals surface area (Å²) in [7, 11) is 1.52. The summed E-state index contributed by atoms with van der Waals surface area (Å²) in [6, 6.07) is -1.28. The maximum Gasteiger partial charge on any atom is 0.248 e. The molecular formula is C16H22N6O3S. The second kappa shape index (κ2) is 7.50. The molecule has 9 nitrogen and oxygen atoms in total. The Kier molecular flexibility index (Phi) is 5.33. The van der Waals surface area contributed by atoms with Crippen molar-refractivity contribution < 1.29 is 14.7 Å². The molecule has 1 saturated heterocycles. The maximum absolute atomic E-state index is 13.2. The molecule has 1 aliphatic rings. The van der Waals surface area contributed by atoms with Gasteiger partial charge in [-0.2, -0.15) is 0 Å². The number of likely N-dealkylation sites (N-methyl/N-ethyl adjacent to an activating group) is 1. The number of aliphatic hydroxyl groups excluding tert-OH is 1. The van der Waals surface area contributed by atoms with Crippen LogP contribution in [0.1, 0.15) is 26.3 Å². The van der Waals surface area contributed by atoms with E-state index in [0.717, 1.165) is 4.88 Å². The van der Waals surface area contributed by atoms with Crippen LogP contribution >= 0.6 is 11.3 Å². The van der Waals surface area contributed by atoms with Crippen molar-refractivity contribution in [2.45, 2.75) is 38.5 Å². The molecule has 0 saturated carbocycles. The molecule has 2 aromatic rings. The van der Waals surface area contributed by atoms with Crippen molar-refractivity contribution in [3.05, 3.63) is 17.9 Å². The number of aliphatic hydroxyl groups is 1. The third-order valence-corrected chi connectivity index (χ3v) is 5.27. The standard InChI is InChI=1S/C16H22N6O3S/c1-9(2)14(22-7-11(19-20-22)13-5-18-8-26-13)16(25)21-6-10(23)4-12(21)15(24)17-3/h5,7-10,12,14,23H,4,6H2,1-3H3,(H,17,24)/t10?,12?,14-/m0/s1. The zero-order valence-electron chi connectivity index (χ0n) is 14.9. The predicted octanol–water partition coefficient (Wildman–Crippen LogP) is 0.306. The lowest BCUT2D eigenvalue weighted by Gasteiger charge is -2.29. The number of hydrogen-bond donors (Lipinski definition) is 2. The molecule has 1 aliphatic heterocycles. The van der Waals surface area contributed by atoms with E-state index in [2.05, 4.69) is 20.6 Å². The number of likely N-dealkylation sites (tertiary alicyclic amines) is 1. The molecule has 2 unspecified atom stereocenters. The van der Waals surface area contributed by atoms with Gasteiger partial charge in [-0.1, -0.05) is 19.1 Å². The number of nitrogens with zero attached hydrogens (tertiary/aromatic N) is 5. The first-order valence-electron chi connectivity index (χ1n) is 8.43. The van der Waals surface area contributed by atoms with Crippen LogP contribution in [-0.2, 0) is 9.59 Å². The van der Waals surface area contributed by atoms with Gasteiger partial charge in [-0.3, -0.25) is 14.6 Å². The molecule has 2 aromatic heterocycles. The van der Waals surface area contributed by atoms with Gasteiger partial charge in [0.25, 0.3) is 0 Å². The highest BCUT2D eigenvalue weighted by Gasteiger charge is 2.42. The molecule has 140 valence electrons. The molecule has 0 spiro atoms. The van der Waals surface area contributed by atoms with E-state index in [0.29, 0.717) is 5.69 Å². The van der Waals surface area contributed by atoms with Crippen molar-refractivity contribution in [3.8, 4) is 10.6 Å². The zero-order valence-corrected chi connectivity index (χ0v) is 15.7. The lowest BCUT2D eigenvalue weighted by molar-refractivity contribution is -0.142. The molecule has 3 atom stereocenters. The van der Waals surface area contributed by atoms with E-state index in [-0.39, 0.29) is 30.7 Å². The number of β-amino-alcohol motifs (C(OH)–C–C–N with tert-alkyl or cyclic N) is 1. The van der Waals surface area contributed by atoms with Crippen molar-refractivity contribution in [3.63, 3.8) is 0 Å². The van der Waals surface area contributed by atoms with Gasteiger partial charge in [0.15, 0.2) is 0 Å². The Morgan fingerprint density at radius 2 is 2.19 bits per heavy atom. The van der Waals surface area contributed by atoms with Crippen molar-refractivity contribution in [2.75, 3.05) is 13.6 Å². The SMILES string of the molecule is CNC(=O)C1CC(O)CN1C(=O)[C@H](C(C)C)n1cc(-c2cncs2)nn1. The van der Waals surface area contributed by atoms with E-state index in [4.69, 9.17) is 0 Å². The van der Waals surface area contributed by atoms with Crippen LogP contribution in [-0.4, -0.2) is 67.5 Å². The molecule has 26 heavy (non-hydrogen) atoms. The zero-order chi connectivity index (χ0) is 18.8. The molecule has 0 aliphatic carbocycles. The first-order valence-corrected chi connectivity index (χ1v) is 9.31. The Balaban J connectivity index is 1.88. The Hall–Kier alpha value is -2.33. The van der Waals surface area contributed by atoms with Gasteiger partial charge in [0.1, 0.15) is 17.8 Å². The van der Waals surface area contributed by atoms with Crippen LogP contribution in [0.2, 0.25) is 0 Å². The first kappa shape index (κ1) is 18.5. The monoisotopic (exact) mass is 378 g/mol. The van der Waals surface area contributed by atoms with E-state index >= 15 is 0 Å². The van der Waals surface area contributed by atoms with Crippen LogP contribution in [0, 0.1) is 5.92 Å². The van der Waals surface area contributed by atoms with Gasteiger partial charge in [-0.15, -0.1) is 16.4 Å². The average molecular weight is 378 g/mol. The summed E-state index contributed by atoms with van der Waals surface area (Å²) in [6.07, 6.45) is 2.94. The van der Waals surface area contributed by atoms with Gasteiger partial charge >= 0.3 is 0 Å². The Labute approximate surface area is 155 Å². The van der Waals surface area contributed by atoms with Crippen LogP contribution in [0.5, 0.6) is 0 Å². The number of aromatic nitrogens is 4. The number of hydrogen-bond acceptors (Lipinski definition) is 7. The number of carbonyl (C=O) groups excluding carboxylic acids is 2. The molecule has 3 heterocycles. The van der Waals surface area contributed by atoms with Crippen LogP contribution in [0.4, 0.5) is 0 Å². The summed E-state index contributed by atoms with van der Waals surface area (Å²) in [5.74, 6) is -0.589. The van der Waals surface area contributed by atoms with E-state index in [1.807, 2.05) is 13.8 Å². The van der Waals surface area contributed by atoms with E-state index < -0.39 is 18.2 Å². The lowest BCUT2D eigenvalue weighted by Crippen LogP contribution is -2.48. The number of rotatable bonds is 5. The fourth-order valence-electron chi connectivity index (χ4n) is 3.21. The second-order valence-corrected chi connectivity index (χ2v) is 7.53. The summed E-state index contributed by atoms with van der Waals surface area (Å²) in [5.41, 5.74) is 2.36. The van der Waals surface area contributed by atoms with E-state index in [1.165, 1.54) is 28.0 Å². The molecule has 2 amide bonds. The summed E-state index contributed by atoms with van der Waals surface area (Å²) in [4.78, 5) is 31.6. The van der Waals surface area contributed by atoms with Crippen molar-refractivity contribution >= 4 is 23.2 Å².